The second-order valence-electron chi connectivity index (χ2n) is 4.36. The van der Waals surface area contributed by atoms with E-state index < -0.39 is 22.5 Å². The van der Waals surface area contributed by atoms with Crippen molar-refractivity contribution in [2.45, 2.75) is 31.7 Å². The van der Waals surface area contributed by atoms with Gasteiger partial charge >= 0.3 is 6.18 Å². The topological polar surface area (TPSA) is 26.3 Å². The van der Waals surface area contributed by atoms with Gasteiger partial charge in [0.2, 0.25) is 0 Å². The lowest BCUT2D eigenvalue weighted by atomic mass is 10.2. The molecule has 0 bridgehead atoms. The molecule has 0 fully saturated rings. The van der Waals surface area contributed by atoms with Gasteiger partial charge < -0.3 is 4.74 Å². The predicted molar refractivity (Wildman–Crippen MR) is 69.7 cm³/mol. The van der Waals surface area contributed by atoms with Crippen molar-refractivity contribution >= 4 is 10.8 Å². The monoisotopic (exact) mass is 294 g/mol. The SMILES string of the molecule is CC(C)S(=O)CCCOc1cccc(C(F)(F)F)c1. The summed E-state index contributed by atoms with van der Waals surface area (Å²) in [4.78, 5) is 0. The average Bonchev–Trinajstić information content (AvgIpc) is 2.33. The third-order valence-electron chi connectivity index (χ3n) is 2.45. The van der Waals surface area contributed by atoms with Crippen molar-refractivity contribution in [3.05, 3.63) is 29.8 Å². The van der Waals surface area contributed by atoms with Gasteiger partial charge in [0.25, 0.3) is 0 Å². The van der Waals surface area contributed by atoms with Crippen LogP contribution in [0.15, 0.2) is 24.3 Å². The number of halogens is 3. The molecule has 0 amide bonds. The van der Waals surface area contributed by atoms with Crippen molar-refractivity contribution in [1.82, 2.24) is 0 Å². The first-order chi connectivity index (χ1) is 8.80. The van der Waals surface area contributed by atoms with E-state index in [4.69, 9.17) is 4.74 Å². The number of ether oxygens (including phenoxy) is 1. The van der Waals surface area contributed by atoms with Gasteiger partial charge in [-0.1, -0.05) is 19.9 Å². The molecule has 1 rings (SSSR count). The molecule has 0 radical (unpaired) electrons. The quantitative estimate of drug-likeness (QED) is 0.749. The van der Waals surface area contributed by atoms with E-state index in [0.717, 1.165) is 12.1 Å². The predicted octanol–water partition coefficient (Wildman–Crippen LogP) is 3.63. The molecule has 108 valence electrons. The zero-order chi connectivity index (χ0) is 14.5. The first kappa shape index (κ1) is 16.0. The van der Waals surface area contributed by atoms with E-state index in [-0.39, 0.29) is 17.6 Å². The number of hydrogen-bond acceptors (Lipinski definition) is 2. The molecule has 6 heteroatoms. The molecule has 0 heterocycles. The number of hydrogen-bond donors (Lipinski definition) is 0. The van der Waals surface area contributed by atoms with Crippen molar-refractivity contribution in [2.24, 2.45) is 0 Å². The van der Waals surface area contributed by atoms with Crippen molar-refractivity contribution < 1.29 is 22.1 Å². The van der Waals surface area contributed by atoms with Crippen molar-refractivity contribution in [2.75, 3.05) is 12.4 Å². The van der Waals surface area contributed by atoms with E-state index in [1.165, 1.54) is 12.1 Å². The Hall–Kier alpha value is -1.04. The average molecular weight is 294 g/mol. The van der Waals surface area contributed by atoms with Crippen LogP contribution < -0.4 is 4.74 Å². The van der Waals surface area contributed by atoms with E-state index in [0.29, 0.717) is 12.2 Å². The van der Waals surface area contributed by atoms with Gasteiger partial charge in [0, 0.05) is 21.8 Å². The second kappa shape index (κ2) is 6.93. The Balaban J connectivity index is 2.44. The highest BCUT2D eigenvalue weighted by atomic mass is 32.2. The number of alkyl halides is 3. The second-order valence-corrected chi connectivity index (χ2v) is 6.47. The molecule has 1 aromatic rings. The minimum atomic E-state index is -4.36. The van der Waals surface area contributed by atoms with Crippen LogP contribution >= 0.6 is 0 Å². The van der Waals surface area contributed by atoms with Crippen LogP contribution in [0.2, 0.25) is 0 Å². The molecule has 1 aromatic carbocycles. The standard InChI is InChI=1S/C13H17F3O2S/c1-10(2)19(17)8-4-7-18-12-6-3-5-11(9-12)13(14,15)16/h3,5-6,9-10H,4,7-8H2,1-2H3. The minimum Gasteiger partial charge on any atom is -0.494 e. The van der Waals surface area contributed by atoms with Gasteiger partial charge in [-0.3, -0.25) is 4.21 Å². The summed E-state index contributed by atoms with van der Waals surface area (Å²) in [6.45, 7) is 3.99. The summed E-state index contributed by atoms with van der Waals surface area (Å²) in [7, 11) is -0.908. The van der Waals surface area contributed by atoms with Crippen LogP contribution in [0.3, 0.4) is 0 Å². The zero-order valence-corrected chi connectivity index (χ0v) is 11.7. The smallest absolute Gasteiger partial charge is 0.416 e. The molecule has 1 unspecified atom stereocenters. The summed E-state index contributed by atoms with van der Waals surface area (Å²) in [6.07, 6.45) is -3.81. The van der Waals surface area contributed by atoms with E-state index in [2.05, 4.69) is 0 Å². The molecule has 0 saturated carbocycles. The summed E-state index contributed by atoms with van der Waals surface area (Å²) in [5.74, 6) is 0.682. The van der Waals surface area contributed by atoms with Crippen LogP contribution in [0.5, 0.6) is 5.75 Å². The molecular weight excluding hydrogens is 277 g/mol. The molecule has 0 aliphatic carbocycles. The lowest BCUT2D eigenvalue weighted by molar-refractivity contribution is -0.137. The maximum atomic E-state index is 12.5. The fourth-order valence-corrected chi connectivity index (χ4v) is 2.26. The Bertz CT molecular complexity index is 430. The summed E-state index contributed by atoms with van der Waals surface area (Å²) >= 11 is 0. The molecule has 1 atom stereocenters. The Morgan fingerprint density at radius 2 is 2.00 bits per heavy atom. The molecule has 0 aliphatic heterocycles. The van der Waals surface area contributed by atoms with Crippen molar-refractivity contribution in [1.29, 1.82) is 0 Å². The van der Waals surface area contributed by atoms with Gasteiger partial charge in [0.1, 0.15) is 5.75 Å². The van der Waals surface area contributed by atoms with Gasteiger partial charge in [0.05, 0.1) is 12.2 Å². The highest BCUT2D eigenvalue weighted by molar-refractivity contribution is 7.85. The molecular formula is C13H17F3O2S. The third kappa shape index (κ3) is 5.63. The maximum Gasteiger partial charge on any atom is 0.416 e. The lowest BCUT2D eigenvalue weighted by Gasteiger charge is -2.10. The zero-order valence-electron chi connectivity index (χ0n) is 10.9. The first-order valence-electron chi connectivity index (χ1n) is 5.98. The fraction of sp³-hybridized carbons (Fsp3) is 0.538. The van der Waals surface area contributed by atoms with Gasteiger partial charge in [-0.05, 0) is 24.6 Å². The molecule has 0 N–H and O–H groups in total. The molecule has 0 spiro atoms. The molecule has 0 aromatic heterocycles. The lowest BCUT2D eigenvalue weighted by Crippen LogP contribution is -2.12. The highest BCUT2D eigenvalue weighted by Gasteiger charge is 2.30. The Kier molecular flexibility index (Phi) is 5.85. The van der Waals surface area contributed by atoms with Crippen LogP contribution in [0, 0.1) is 0 Å². The largest absolute Gasteiger partial charge is 0.494 e. The van der Waals surface area contributed by atoms with Gasteiger partial charge in [0.15, 0.2) is 0 Å². The first-order valence-corrected chi connectivity index (χ1v) is 7.36. The van der Waals surface area contributed by atoms with Crippen molar-refractivity contribution in [3.8, 4) is 5.75 Å². The van der Waals surface area contributed by atoms with Crippen LogP contribution in [0.1, 0.15) is 25.8 Å². The third-order valence-corrected chi connectivity index (χ3v) is 4.19. The Morgan fingerprint density at radius 1 is 1.32 bits per heavy atom. The number of rotatable bonds is 6. The van der Waals surface area contributed by atoms with Crippen LogP contribution in [-0.2, 0) is 17.0 Å². The normalized spacial score (nSPS) is 13.6. The fourth-order valence-electron chi connectivity index (χ4n) is 1.39. The number of benzene rings is 1. The summed E-state index contributed by atoms with van der Waals surface area (Å²) in [6, 6.07) is 4.76. The van der Waals surface area contributed by atoms with E-state index >= 15 is 0 Å². The Morgan fingerprint density at radius 3 is 2.58 bits per heavy atom. The highest BCUT2D eigenvalue weighted by Crippen LogP contribution is 2.31. The summed E-state index contributed by atoms with van der Waals surface area (Å²) in [5, 5.41) is 0.0913. The molecule has 19 heavy (non-hydrogen) atoms. The molecule has 0 aliphatic rings. The van der Waals surface area contributed by atoms with Crippen LogP contribution in [-0.4, -0.2) is 21.8 Å². The van der Waals surface area contributed by atoms with E-state index in [1.54, 1.807) is 0 Å². The van der Waals surface area contributed by atoms with E-state index in [1.807, 2.05) is 13.8 Å². The van der Waals surface area contributed by atoms with E-state index in [9.17, 15) is 17.4 Å². The molecule has 2 nitrogen and oxygen atoms in total. The minimum absolute atomic E-state index is 0.0913. The Labute approximate surface area is 113 Å². The van der Waals surface area contributed by atoms with Gasteiger partial charge in [-0.2, -0.15) is 13.2 Å². The van der Waals surface area contributed by atoms with Crippen molar-refractivity contribution in [3.63, 3.8) is 0 Å². The maximum absolute atomic E-state index is 12.5. The molecule has 0 saturated heterocycles. The van der Waals surface area contributed by atoms with Gasteiger partial charge in [-0.25, -0.2) is 0 Å². The summed E-state index contributed by atoms with van der Waals surface area (Å²) < 4.78 is 54.0. The van der Waals surface area contributed by atoms with Gasteiger partial charge in [-0.15, -0.1) is 0 Å². The van der Waals surface area contributed by atoms with Crippen LogP contribution in [0.4, 0.5) is 13.2 Å². The van der Waals surface area contributed by atoms with Crippen LogP contribution in [0.25, 0.3) is 0 Å². The summed E-state index contributed by atoms with van der Waals surface area (Å²) in [5.41, 5.74) is -0.726.